The fourth-order valence-electron chi connectivity index (χ4n) is 1.98. The SMILES string of the molecule is N#Cc1ccc(NCCC2CCCCO2)cn1. The van der Waals surface area contributed by atoms with Crippen LogP contribution < -0.4 is 5.32 Å². The lowest BCUT2D eigenvalue weighted by Gasteiger charge is -2.22. The number of nitriles is 1. The van der Waals surface area contributed by atoms with Gasteiger partial charge in [0.15, 0.2) is 0 Å². The van der Waals surface area contributed by atoms with Crippen LogP contribution in [-0.4, -0.2) is 24.2 Å². The minimum atomic E-state index is 0.405. The van der Waals surface area contributed by atoms with E-state index < -0.39 is 0 Å². The Morgan fingerprint density at radius 3 is 3.06 bits per heavy atom. The second-order valence-corrected chi connectivity index (χ2v) is 4.25. The molecule has 4 heteroatoms. The Hall–Kier alpha value is -1.60. The Kier molecular flexibility index (Phi) is 4.34. The number of hydrogen-bond acceptors (Lipinski definition) is 4. The summed E-state index contributed by atoms with van der Waals surface area (Å²) < 4.78 is 5.65. The molecular formula is C13H17N3O. The molecular weight excluding hydrogens is 214 g/mol. The van der Waals surface area contributed by atoms with E-state index in [1.165, 1.54) is 19.3 Å². The fourth-order valence-corrected chi connectivity index (χ4v) is 1.98. The topological polar surface area (TPSA) is 57.9 Å². The molecule has 2 rings (SSSR count). The first kappa shape index (κ1) is 11.9. The maximum atomic E-state index is 8.63. The molecule has 1 aliphatic rings. The van der Waals surface area contributed by atoms with Crippen LogP contribution in [0.15, 0.2) is 18.3 Å². The third-order valence-electron chi connectivity index (χ3n) is 2.95. The molecule has 17 heavy (non-hydrogen) atoms. The zero-order chi connectivity index (χ0) is 11.9. The lowest BCUT2D eigenvalue weighted by Crippen LogP contribution is -2.21. The van der Waals surface area contributed by atoms with Crippen molar-refractivity contribution in [1.29, 1.82) is 5.26 Å². The van der Waals surface area contributed by atoms with Gasteiger partial charge < -0.3 is 10.1 Å². The summed E-state index contributed by atoms with van der Waals surface area (Å²) in [7, 11) is 0. The molecule has 0 aromatic carbocycles. The van der Waals surface area contributed by atoms with E-state index >= 15 is 0 Å². The highest BCUT2D eigenvalue weighted by Gasteiger charge is 2.12. The summed E-state index contributed by atoms with van der Waals surface area (Å²) >= 11 is 0. The van der Waals surface area contributed by atoms with Gasteiger partial charge in [-0.15, -0.1) is 0 Å². The van der Waals surface area contributed by atoms with E-state index in [-0.39, 0.29) is 0 Å². The third-order valence-corrected chi connectivity index (χ3v) is 2.95. The predicted molar refractivity (Wildman–Crippen MR) is 65.6 cm³/mol. The number of aromatic nitrogens is 1. The fraction of sp³-hybridized carbons (Fsp3) is 0.538. The maximum absolute atomic E-state index is 8.63. The van der Waals surface area contributed by atoms with Crippen LogP contribution in [-0.2, 0) is 4.74 Å². The van der Waals surface area contributed by atoms with Crippen LogP contribution in [0.4, 0.5) is 5.69 Å². The first-order chi connectivity index (χ1) is 8.38. The van der Waals surface area contributed by atoms with E-state index in [1.54, 1.807) is 12.3 Å². The number of pyridine rings is 1. The molecule has 1 aromatic heterocycles. The van der Waals surface area contributed by atoms with Gasteiger partial charge in [0, 0.05) is 13.2 Å². The second-order valence-electron chi connectivity index (χ2n) is 4.25. The highest BCUT2D eigenvalue weighted by Crippen LogP contribution is 2.15. The van der Waals surface area contributed by atoms with Crippen LogP contribution in [0.5, 0.6) is 0 Å². The highest BCUT2D eigenvalue weighted by atomic mass is 16.5. The van der Waals surface area contributed by atoms with Gasteiger partial charge in [0.2, 0.25) is 0 Å². The van der Waals surface area contributed by atoms with E-state index in [4.69, 9.17) is 10.00 Å². The van der Waals surface area contributed by atoms with Crippen molar-refractivity contribution in [2.75, 3.05) is 18.5 Å². The Bertz CT molecular complexity index is 377. The van der Waals surface area contributed by atoms with Crippen molar-refractivity contribution >= 4 is 5.69 Å². The Morgan fingerprint density at radius 1 is 1.47 bits per heavy atom. The largest absolute Gasteiger partial charge is 0.384 e. The minimum absolute atomic E-state index is 0.405. The molecule has 1 aromatic rings. The molecule has 0 spiro atoms. The summed E-state index contributed by atoms with van der Waals surface area (Å²) in [4.78, 5) is 4.01. The summed E-state index contributed by atoms with van der Waals surface area (Å²) in [5.74, 6) is 0. The van der Waals surface area contributed by atoms with Gasteiger partial charge >= 0.3 is 0 Å². The molecule has 0 amide bonds. The first-order valence-corrected chi connectivity index (χ1v) is 6.10. The quantitative estimate of drug-likeness (QED) is 0.864. The van der Waals surface area contributed by atoms with Crippen LogP contribution in [0, 0.1) is 11.3 Å². The van der Waals surface area contributed by atoms with Crippen molar-refractivity contribution in [2.45, 2.75) is 31.8 Å². The van der Waals surface area contributed by atoms with Gasteiger partial charge in [-0.3, -0.25) is 0 Å². The van der Waals surface area contributed by atoms with Crippen molar-refractivity contribution in [2.24, 2.45) is 0 Å². The molecule has 1 fully saturated rings. The molecule has 0 saturated carbocycles. The molecule has 1 unspecified atom stereocenters. The lowest BCUT2D eigenvalue weighted by atomic mass is 10.1. The van der Waals surface area contributed by atoms with E-state index in [0.717, 1.165) is 25.3 Å². The number of rotatable bonds is 4. The van der Waals surface area contributed by atoms with Gasteiger partial charge in [0.05, 0.1) is 18.0 Å². The molecule has 90 valence electrons. The van der Waals surface area contributed by atoms with E-state index in [0.29, 0.717) is 11.8 Å². The predicted octanol–water partition coefficient (Wildman–Crippen LogP) is 2.32. The number of hydrogen-bond donors (Lipinski definition) is 1. The van der Waals surface area contributed by atoms with Gasteiger partial charge in [0.1, 0.15) is 11.8 Å². The molecule has 1 saturated heterocycles. The number of ether oxygens (including phenoxy) is 1. The van der Waals surface area contributed by atoms with Crippen LogP contribution in [0.2, 0.25) is 0 Å². The molecule has 1 N–H and O–H groups in total. The standard InChI is InChI=1S/C13H17N3O/c14-9-11-4-5-12(10-16-11)15-7-6-13-3-1-2-8-17-13/h4-5,10,13,15H,1-3,6-8H2. The van der Waals surface area contributed by atoms with Gasteiger partial charge in [-0.1, -0.05) is 0 Å². The average molecular weight is 231 g/mol. The average Bonchev–Trinajstić information content (AvgIpc) is 2.41. The number of anilines is 1. The van der Waals surface area contributed by atoms with Crippen LogP contribution in [0.1, 0.15) is 31.4 Å². The van der Waals surface area contributed by atoms with Crippen LogP contribution in [0.25, 0.3) is 0 Å². The van der Waals surface area contributed by atoms with Crippen molar-refractivity contribution in [1.82, 2.24) is 4.98 Å². The zero-order valence-corrected chi connectivity index (χ0v) is 9.85. The zero-order valence-electron chi connectivity index (χ0n) is 9.85. The third kappa shape index (κ3) is 3.72. The van der Waals surface area contributed by atoms with E-state index in [2.05, 4.69) is 10.3 Å². The molecule has 0 radical (unpaired) electrons. The monoisotopic (exact) mass is 231 g/mol. The van der Waals surface area contributed by atoms with Gasteiger partial charge in [-0.2, -0.15) is 5.26 Å². The highest BCUT2D eigenvalue weighted by molar-refractivity contribution is 5.42. The summed E-state index contributed by atoms with van der Waals surface area (Å²) in [6, 6.07) is 5.61. The smallest absolute Gasteiger partial charge is 0.140 e. The summed E-state index contributed by atoms with van der Waals surface area (Å²) in [6.07, 6.45) is 6.78. The lowest BCUT2D eigenvalue weighted by molar-refractivity contribution is 0.0134. The number of nitrogens with zero attached hydrogens (tertiary/aromatic N) is 2. The van der Waals surface area contributed by atoms with E-state index in [9.17, 15) is 0 Å². The van der Waals surface area contributed by atoms with Gasteiger partial charge in [-0.05, 0) is 37.8 Å². The Labute approximate surface area is 102 Å². The molecule has 1 aliphatic heterocycles. The molecule has 2 heterocycles. The first-order valence-electron chi connectivity index (χ1n) is 6.10. The van der Waals surface area contributed by atoms with Crippen LogP contribution >= 0.6 is 0 Å². The molecule has 0 bridgehead atoms. The number of nitrogens with one attached hydrogen (secondary N) is 1. The minimum Gasteiger partial charge on any atom is -0.384 e. The molecule has 0 aliphatic carbocycles. The normalized spacial score (nSPS) is 19.6. The Morgan fingerprint density at radius 2 is 2.41 bits per heavy atom. The maximum Gasteiger partial charge on any atom is 0.140 e. The Balaban J connectivity index is 1.72. The molecule has 4 nitrogen and oxygen atoms in total. The van der Waals surface area contributed by atoms with Crippen molar-refractivity contribution in [3.05, 3.63) is 24.0 Å². The van der Waals surface area contributed by atoms with Crippen molar-refractivity contribution in [3.63, 3.8) is 0 Å². The van der Waals surface area contributed by atoms with Crippen molar-refractivity contribution < 1.29 is 4.74 Å². The second kappa shape index (κ2) is 6.21. The van der Waals surface area contributed by atoms with Crippen LogP contribution in [0.3, 0.4) is 0 Å². The molecule has 1 atom stereocenters. The summed E-state index contributed by atoms with van der Waals surface area (Å²) in [5, 5.41) is 11.9. The summed E-state index contributed by atoms with van der Waals surface area (Å²) in [5.41, 5.74) is 1.41. The van der Waals surface area contributed by atoms with E-state index in [1.807, 2.05) is 12.1 Å². The summed E-state index contributed by atoms with van der Waals surface area (Å²) in [6.45, 7) is 1.79. The van der Waals surface area contributed by atoms with Crippen molar-refractivity contribution in [3.8, 4) is 6.07 Å². The van der Waals surface area contributed by atoms with Gasteiger partial charge in [0.25, 0.3) is 0 Å². The van der Waals surface area contributed by atoms with Gasteiger partial charge in [-0.25, -0.2) is 4.98 Å².